The van der Waals surface area contributed by atoms with Gasteiger partial charge in [-0.25, -0.2) is 16.8 Å². The predicted molar refractivity (Wildman–Crippen MR) is 42.2 cm³/mol. The minimum Gasteiger partial charge on any atom is -0.214 e. The summed E-state index contributed by atoms with van der Waals surface area (Å²) < 4.78 is 41.9. The fourth-order valence-corrected chi connectivity index (χ4v) is 2.01. The molecule has 0 unspecified atom stereocenters. The van der Waals surface area contributed by atoms with Gasteiger partial charge in [-0.05, 0) is 20.8 Å². The molecule has 0 bridgehead atoms. The van der Waals surface area contributed by atoms with Crippen LogP contribution in [-0.4, -0.2) is 26.1 Å². The highest BCUT2D eigenvalue weighted by molar-refractivity contribution is 7.85. The molecule has 11 heavy (non-hydrogen) atoms. The van der Waals surface area contributed by atoms with Crippen LogP contribution in [-0.2, 0) is 21.8 Å². The number of rotatable bonds is 2. The summed E-state index contributed by atoms with van der Waals surface area (Å²) in [5.74, 6) is 0. The van der Waals surface area contributed by atoms with Gasteiger partial charge >= 0.3 is 0 Å². The van der Waals surface area contributed by atoms with E-state index in [1.54, 1.807) is 0 Å². The van der Waals surface area contributed by atoms with Crippen LogP contribution in [0.2, 0.25) is 0 Å². The zero-order chi connectivity index (χ0) is 9.23. The van der Waals surface area contributed by atoms with E-state index in [4.69, 9.17) is 0 Å². The second kappa shape index (κ2) is 3.51. The van der Waals surface area contributed by atoms with Crippen molar-refractivity contribution in [2.75, 3.05) is 0 Å². The highest BCUT2D eigenvalue weighted by atomic mass is 32.2. The monoisotopic (exact) mass is 201 g/mol. The summed E-state index contributed by atoms with van der Waals surface area (Å²) in [4.78, 5) is 0. The van der Waals surface area contributed by atoms with E-state index >= 15 is 0 Å². The molecule has 0 aromatic heterocycles. The van der Waals surface area contributed by atoms with Crippen molar-refractivity contribution in [1.29, 1.82) is 0 Å². The predicted octanol–water partition coefficient (Wildman–Crippen LogP) is -0.860. The largest absolute Gasteiger partial charge is 0.217 e. The van der Waals surface area contributed by atoms with Gasteiger partial charge in [-0.15, -0.1) is 0 Å². The molecule has 0 saturated carbocycles. The number of nitrogens with zero attached hydrogens (tertiary/aromatic N) is 1. The van der Waals surface area contributed by atoms with Gasteiger partial charge in [0.05, 0.1) is 0 Å². The number of hydrogen-bond acceptors (Lipinski definition) is 4. The highest BCUT2D eigenvalue weighted by Gasteiger charge is 2.25. The highest BCUT2D eigenvalue weighted by Crippen LogP contribution is 2.12. The zero-order valence-corrected chi connectivity index (χ0v) is 8.26. The maximum Gasteiger partial charge on any atom is 0.217 e. The SMILES string of the molecule is CC(C)(C)N([SH](=O)=O)[SH](=O)=O. The van der Waals surface area contributed by atoms with Crippen molar-refractivity contribution in [2.24, 2.45) is 0 Å². The Balaban J connectivity index is 4.93. The number of thiol groups is 2. The first-order chi connectivity index (χ1) is 4.76. The van der Waals surface area contributed by atoms with Crippen LogP contribution in [0.4, 0.5) is 0 Å². The van der Waals surface area contributed by atoms with Gasteiger partial charge in [-0.2, -0.15) is 0 Å². The first kappa shape index (κ1) is 10.9. The molecule has 0 aliphatic rings. The van der Waals surface area contributed by atoms with Crippen molar-refractivity contribution in [2.45, 2.75) is 26.3 Å². The Morgan fingerprint density at radius 3 is 1.18 bits per heavy atom. The van der Waals surface area contributed by atoms with Crippen LogP contribution >= 0.6 is 0 Å². The van der Waals surface area contributed by atoms with E-state index in [1.807, 2.05) is 0 Å². The summed E-state index contributed by atoms with van der Waals surface area (Å²) in [5, 5.41) is 0. The Kier molecular flexibility index (Phi) is 3.46. The molecule has 0 amide bonds. The third kappa shape index (κ3) is 3.17. The second-order valence-electron chi connectivity index (χ2n) is 2.94. The van der Waals surface area contributed by atoms with E-state index in [-0.39, 0.29) is 0 Å². The van der Waals surface area contributed by atoms with E-state index in [9.17, 15) is 16.8 Å². The molecule has 5 nitrogen and oxygen atoms in total. The molecule has 0 radical (unpaired) electrons. The third-order valence-corrected chi connectivity index (χ3v) is 3.60. The van der Waals surface area contributed by atoms with Gasteiger partial charge in [-0.3, -0.25) is 0 Å². The lowest BCUT2D eigenvalue weighted by Crippen LogP contribution is -2.38. The summed E-state index contributed by atoms with van der Waals surface area (Å²) in [5.41, 5.74) is -0.898. The Labute approximate surface area is 69.2 Å². The minimum atomic E-state index is -3.05. The zero-order valence-electron chi connectivity index (χ0n) is 6.47. The van der Waals surface area contributed by atoms with Crippen molar-refractivity contribution in [3.8, 4) is 0 Å². The van der Waals surface area contributed by atoms with Crippen molar-refractivity contribution in [3.63, 3.8) is 0 Å². The normalized spacial score (nSPS) is 13.3. The molecule has 0 N–H and O–H groups in total. The van der Waals surface area contributed by atoms with Crippen molar-refractivity contribution < 1.29 is 16.8 Å². The molecule has 0 aliphatic carbocycles. The molecule has 7 heteroatoms. The van der Waals surface area contributed by atoms with E-state index in [2.05, 4.69) is 0 Å². The average molecular weight is 201 g/mol. The lowest BCUT2D eigenvalue weighted by molar-refractivity contribution is 0.367. The minimum absolute atomic E-state index is 0.428. The Morgan fingerprint density at radius 2 is 1.18 bits per heavy atom. The van der Waals surface area contributed by atoms with Crippen molar-refractivity contribution >= 4 is 21.8 Å². The third-order valence-electron chi connectivity index (χ3n) is 0.909. The number of hydrogen-bond donors (Lipinski definition) is 2. The average Bonchev–Trinajstić information content (AvgIpc) is 1.54. The van der Waals surface area contributed by atoms with Crippen LogP contribution in [0.5, 0.6) is 0 Å². The summed E-state index contributed by atoms with van der Waals surface area (Å²) >= 11 is 0. The van der Waals surface area contributed by atoms with Gasteiger partial charge in [0, 0.05) is 5.54 Å². The van der Waals surface area contributed by atoms with Gasteiger partial charge < -0.3 is 0 Å². The quantitative estimate of drug-likeness (QED) is 0.570. The van der Waals surface area contributed by atoms with Crippen LogP contribution in [0.25, 0.3) is 0 Å². The van der Waals surface area contributed by atoms with Crippen LogP contribution in [0.15, 0.2) is 0 Å². The molecule has 0 aliphatic heterocycles. The van der Waals surface area contributed by atoms with E-state index < -0.39 is 27.3 Å². The molecule has 0 saturated heterocycles. The van der Waals surface area contributed by atoms with Gasteiger partial charge in [0.15, 0.2) is 0 Å². The first-order valence-electron chi connectivity index (χ1n) is 2.85. The van der Waals surface area contributed by atoms with Crippen LogP contribution < -0.4 is 0 Å². The van der Waals surface area contributed by atoms with Crippen molar-refractivity contribution in [3.05, 3.63) is 0 Å². The lowest BCUT2D eigenvalue weighted by Gasteiger charge is -2.23. The topological polar surface area (TPSA) is 71.5 Å². The lowest BCUT2D eigenvalue weighted by atomic mass is 10.1. The summed E-state index contributed by atoms with van der Waals surface area (Å²) in [6.45, 7) is 4.51. The molecule has 0 spiro atoms. The van der Waals surface area contributed by atoms with E-state index in [0.717, 1.165) is 0 Å². The molecule has 0 fully saturated rings. The van der Waals surface area contributed by atoms with Crippen molar-refractivity contribution in [1.82, 2.24) is 3.71 Å². The van der Waals surface area contributed by atoms with Crippen LogP contribution in [0, 0.1) is 0 Å². The maximum absolute atomic E-state index is 10.4. The first-order valence-corrected chi connectivity index (χ1v) is 5.11. The molecule has 0 atom stereocenters. The molecular formula is C4H11NO4S2. The molecular weight excluding hydrogens is 190 g/mol. The summed E-state index contributed by atoms with van der Waals surface area (Å²) in [6, 6.07) is 0. The Bertz CT molecular complexity index is 234. The summed E-state index contributed by atoms with van der Waals surface area (Å²) in [6.07, 6.45) is 0. The molecule has 0 heterocycles. The molecule has 68 valence electrons. The van der Waals surface area contributed by atoms with Gasteiger partial charge in [-0.1, -0.05) is 3.71 Å². The fourth-order valence-electron chi connectivity index (χ4n) is 0.550. The Hall–Kier alpha value is -0.140. The van der Waals surface area contributed by atoms with E-state index in [0.29, 0.717) is 3.71 Å². The smallest absolute Gasteiger partial charge is 0.214 e. The van der Waals surface area contributed by atoms with Gasteiger partial charge in [0.25, 0.3) is 0 Å². The van der Waals surface area contributed by atoms with Crippen LogP contribution in [0.3, 0.4) is 0 Å². The van der Waals surface area contributed by atoms with Crippen LogP contribution in [0.1, 0.15) is 20.8 Å². The van der Waals surface area contributed by atoms with E-state index in [1.165, 1.54) is 20.8 Å². The molecule has 0 aromatic rings. The second-order valence-corrected chi connectivity index (χ2v) is 5.00. The standard InChI is InChI=1S/C4H11NO4S2/c1-4(2,3)5(10(6)7)11(8)9/h10-11H,1-3H3. The molecule has 0 aromatic carbocycles. The fraction of sp³-hybridized carbons (Fsp3) is 1.00. The molecule has 0 rings (SSSR count). The maximum atomic E-state index is 10.4. The summed E-state index contributed by atoms with van der Waals surface area (Å²) in [7, 11) is -6.11. The Morgan fingerprint density at radius 1 is 0.909 bits per heavy atom. The van der Waals surface area contributed by atoms with Gasteiger partial charge in [0.1, 0.15) is 0 Å². The van der Waals surface area contributed by atoms with Gasteiger partial charge in [0.2, 0.25) is 21.8 Å².